The van der Waals surface area contributed by atoms with Gasteiger partial charge in [-0.25, -0.2) is 9.18 Å². The molecule has 4 rings (SSSR count). The number of amides is 1. The maximum atomic E-state index is 13.4. The molecule has 0 radical (unpaired) electrons. The molecule has 0 aliphatic carbocycles. The molecule has 0 spiro atoms. The van der Waals surface area contributed by atoms with E-state index in [-0.39, 0.29) is 24.9 Å². The van der Waals surface area contributed by atoms with Crippen molar-refractivity contribution in [1.29, 1.82) is 0 Å². The molecule has 1 fully saturated rings. The Labute approximate surface area is 187 Å². The van der Waals surface area contributed by atoms with Crippen LogP contribution in [0.2, 0.25) is 5.02 Å². The summed E-state index contributed by atoms with van der Waals surface area (Å²) in [6.07, 6.45) is 1.57. The summed E-state index contributed by atoms with van der Waals surface area (Å²) in [6.45, 7) is 0.687. The van der Waals surface area contributed by atoms with Crippen molar-refractivity contribution in [2.75, 3.05) is 13.2 Å². The number of carbonyl (C=O) groups is 1. The predicted molar refractivity (Wildman–Crippen MR) is 116 cm³/mol. The number of carbonyl (C=O) groups excluding carboxylic acids is 1. The van der Waals surface area contributed by atoms with Gasteiger partial charge in [-0.05, 0) is 48.7 Å². The van der Waals surface area contributed by atoms with Crippen LogP contribution >= 0.6 is 11.6 Å². The number of halogens is 2. The smallest absolute Gasteiger partial charge is 0.352 e. The molecule has 2 heterocycles. The van der Waals surface area contributed by atoms with Gasteiger partial charge in [0, 0.05) is 18.2 Å². The highest BCUT2D eigenvalue weighted by Gasteiger charge is 2.23. The first-order valence-corrected chi connectivity index (χ1v) is 10.4. The lowest BCUT2D eigenvalue weighted by Crippen LogP contribution is -2.46. The Hall–Kier alpha value is -3.30. The lowest BCUT2D eigenvalue weighted by Gasteiger charge is -2.14. The van der Waals surface area contributed by atoms with Crippen molar-refractivity contribution in [3.05, 3.63) is 91.5 Å². The normalized spacial score (nSPS) is 15.6. The van der Waals surface area contributed by atoms with Gasteiger partial charge >= 0.3 is 5.69 Å². The zero-order chi connectivity index (χ0) is 22.7. The zero-order valence-electron chi connectivity index (χ0n) is 17.0. The Balaban J connectivity index is 1.77. The van der Waals surface area contributed by atoms with Gasteiger partial charge in [-0.2, -0.15) is 9.78 Å². The zero-order valence-corrected chi connectivity index (χ0v) is 17.7. The van der Waals surface area contributed by atoms with E-state index in [0.717, 1.165) is 34.2 Å². The van der Waals surface area contributed by atoms with Crippen LogP contribution in [0, 0.1) is 5.82 Å². The van der Waals surface area contributed by atoms with E-state index < -0.39 is 28.7 Å². The minimum absolute atomic E-state index is 0.132. The summed E-state index contributed by atoms with van der Waals surface area (Å²) in [6, 6.07) is 11.7. The Bertz CT molecular complexity index is 1250. The fourth-order valence-electron chi connectivity index (χ4n) is 3.44. The summed E-state index contributed by atoms with van der Waals surface area (Å²) in [4.78, 5) is 39.0. The second-order valence-electron chi connectivity index (χ2n) is 7.35. The molecule has 32 heavy (non-hydrogen) atoms. The molecule has 1 aromatic heterocycles. The summed E-state index contributed by atoms with van der Waals surface area (Å²) in [5.74, 6) is -1.23. The van der Waals surface area contributed by atoms with Crippen molar-refractivity contribution in [2.45, 2.75) is 25.5 Å². The number of hydrogen-bond acceptors (Lipinski definition) is 5. The Morgan fingerprint density at radius 2 is 1.94 bits per heavy atom. The van der Waals surface area contributed by atoms with Gasteiger partial charge < -0.3 is 10.1 Å². The van der Waals surface area contributed by atoms with Crippen LogP contribution in [0.1, 0.15) is 28.9 Å². The largest absolute Gasteiger partial charge is 0.376 e. The standard InChI is InChI=1S/C22H20ClFN4O4/c23-18-6-2-1-4-14(18)13-27-21(30)19(20(29)25-12-17-5-3-11-32-17)26-28(22(27)31)16-9-7-15(24)8-10-16/h1-2,4,6-10,17H,3,5,11-13H2,(H,25,29). The van der Waals surface area contributed by atoms with Crippen LogP contribution in [-0.4, -0.2) is 39.5 Å². The molecular formula is C22H20ClFN4O4. The van der Waals surface area contributed by atoms with Crippen LogP contribution in [0.15, 0.2) is 58.1 Å². The highest BCUT2D eigenvalue weighted by Crippen LogP contribution is 2.15. The SMILES string of the molecule is O=C(NCC1CCCO1)c1nn(-c2ccc(F)cc2)c(=O)n(Cc2ccccc2Cl)c1=O. The summed E-state index contributed by atoms with van der Waals surface area (Å²) < 4.78 is 20.7. The molecule has 1 atom stereocenters. The molecule has 1 N–H and O–H groups in total. The van der Waals surface area contributed by atoms with Crippen molar-refractivity contribution in [1.82, 2.24) is 19.7 Å². The topological polar surface area (TPSA) is 95.2 Å². The number of hydrogen-bond donors (Lipinski definition) is 1. The fourth-order valence-corrected chi connectivity index (χ4v) is 3.64. The molecule has 0 bridgehead atoms. The van der Waals surface area contributed by atoms with E-state index in [0.29, 0.717) is 17.2 Å². The van der Waals surface area contributed by atoms with Crippen LogP contribution in [0.4, 0.5) is 4.39 Å². The number of ether oxygens (including phenoxy) is 1. The van der Waals surface area contributed by atoms with E-state index in [1.54, 1.807) is 24.3 Å². The molecule has 3 aromatic rings. The molecule has 8 nitrogen and oxygen atoms in total. The van der Waals surface area contributed by atoms with Crippen LogP contribution in [0.25, 0.3) is 5.69 Å². The van der Waals surface area contributed by atoms with Crippen molar-refractivity contribution in [3.8, 4) is 5.69 Å². The molecule has 166 valence electrons. The van der Waals surface area contributed by atoms with Crippen molar-refractivity contribution < 1.29 is 13.9 Å². The number of benzene rings is 2. The third-order valence-electron chi connectivity index (χ3n) is 5.15. The second-order valence-corrected chi connectivity index (χ2v) is 7.75. The summed E-state index contributed by atoms with van der Waals surface area (Å²) in [5, 5.41) is 7.02. The first kappa shape index (κ1) is 21.9. The molecule has 1 amide bonds. The van der Waals surface area contributed by atoms with Crippen LogP contribution in [-0.2, 0) is 11.3 Å². The van der Waals surface area contributed by atoms with Gasteiger partial charge in [0.2, 0.25) is 5.69 Å². The molecule has 10 heteroatoms. The van der Waals surface area contributed by atoms with Crippen LogP contribution < -0.4 is 16.6 Å². The molecule has 1 saturated heterocycles. The monoisotopic (exact) mass is 458 g/mol. The lowest BCUT2D eigenvalue weighted by atomic mass is 10.2. The Kier molecular flexibility index (Phi) is 6.48. The average molecular weight is 459 g/mol. The van der Waals surface area contributed by atoms with Gasteiger partial charge in [0.15, 0.2) is 0 Å². The van der Waals surface area contributed by atoms with E-state index in [1.807, 2.05) is 0 Å². The highest BCUT2D eigenvalue weighted by molar-refractivity contribution is 6.31. The van der Waals surface area contributed by atoms with Gasteiger partial charge in [-0.15, -0.1) is 0 Å². The van der Waals surface area contributed by atoms with E-state index in [4.69, 9.17) is 16.3 Å². The molecule has 1 aliphatic rings. The number of nitrogens with one attached hydrogen (secondary N) is 1. The van der Waals surface area contributed by atoms with Crippen LogP contribution in [0.3, 0.4) is 0 Å². The number of nitrogens with zero attached hydrogens (tertiary/aromatic N) is 3. The minimum atomic E-state index is -0.849. The van der Waals surface area contributed by atoms with Crippen molar-refractivity contribution in [2.24, 2.45) is 0 Å². The molecule has 1 aliphatic heterocycles. The number of rotatable bonds is 6. The van der Waals surface area contributed by atoms with E-state index in [1.165, 1.54) is 12.1 Å². The molecule has 2 aromatic carbocycles. The van der Waals surface area contributed by atoms with Gasteiger partial charge in [0.05, 0.1) is 18.3 Å². The van der Waals surface area contributed by atoms with Gasteiger partial charge in [-0.3, -0.25) is 14.2 Å². The quantitative estimate of drug-likeness (QED) is 0.610. The fraction of sp³-hybridized carbons (Fsp3) is 0.273. The molecule has 0 saturated carbocycles. The Morgan fingerprint density at radius 1 is 1.19 bits per heavy atom. The minimum Gasteiger partial charge on any atom is -0.376 e. The molecule has 1 unspecified atom stereocenters. The first-order chi connectivity index (χ1) is 15.4. The van der Waals surface area contributed by atoms with E-state index >= 15 is 0 Å². The van der Waals surface area contributed by atoms with Crippen LogP contribution in [0.5, 0.6) is 0 Å². The van der Waals surface area contributed by atoms with Gasteiger partial charge in [0.25, 0.3) is 11.5 Å². The average Bonchev–Trinajstić information content (AvgIpc) is 3.31. The second kappa shape index (κ2) is 9.46. The van der Waals surface area contributed by atoms with E-state index in [2.05, 4.69) is 10.4 Å². The lowest BCUT2D eigenvalue weighted by molar-refractivity contribution is 0.0849. The van der Waals surface area contributed by atoms with Crippen molar-refractivity contribution >= 4 is 17.5 Å². The number of aromatic nitrogens is 3. The first-order valence-electron chi connectivity index (χ1n) is 10.1. The summed E-state index contributed by atoms with van der Waals surface area (Å²) >= 11 is 6.20. The predicted octanol–water partition coefficient (Wildman–Crippen LogP) is 2.14. The van der Waals surface area contributed by atoms with Gasteiger partial charge in [-0.1, -0.05) is 29.8 Å². The third kappa shape index (κ3) is 4.63. The van der Waals surface area contributed by atoms with Gasteiger partial charge in [0.1, 0.15) is 5.82 Å². The molecular weight excluding hydrogens is 439 g/mol. The Morgan fingerprint density at radius 3 is 2.62 bits per heavy atom. The summed E-state index contributed by atoms with van der Waals surface area (Å²) in [7, 11) is 0. The third-order valence-corrected chi connectivity index (χ3v) is 5.52. The summed E-state index contributed by atoms with van der Waals surface area (Å²) in [5.41, 5.74) is -1.36. The highest BCUT2D eigenvalue weighted by atomic mass is 35.5. The van der Waals surface area contributed by atoms with Crippen molar-refractivity contribution in [3.63, 3.8) is 0 Å². The van der Waals surface area contributed by atoms with E-state index in [9.17, 15) is 18.8 Å². The maximum Gasteiger partial charge on any atom is 0.352 e. The maximum absolute atomic E-state index is 13.4.